The van der Waals surface area contributed by atoms with Crippen molar-refractivity contribution in [2.45, 2.75) is 13.5 Å². The molecule has 0 saturated heterocycles. The van der Waals surface area contributed by atoms with Crippen molar-refractivity contribution in [2.24, 2.45) is 4.99 Å². The molecule has 0 N–H and O–H groups in total. The molecule has 0 radical (unpaired) electrons. The molecule has 0 bridgehead atoms. The number of benzene rings is 4. The minimum Gasteiger partial charge on any atom is -0.436 e. The van der Waals surface area contributed by atoms with E-state index in [1.165, 1.54) is 11.1 Å². The Bertz CT molecular complexity index is 1800. The summed E-state index contributed by atoms with van der Waals surface area (Å²) in [4.78, 5) is 4.74. The van der Waals surface area contributed by atoms with Crippen molar-refractivity contribution in [3.8, 4) is 28.5 Å². The number of para-hydroxylation sites is 1. The average Bonchev–Trinajstić information content (AvgIpc) is 3.52. The summed E-state index contributed by atoms with van der Waals surface area (Å²) in [5, 5.41) is 11.3. The third-order valence-electron chi connectivity index (χ3n) is 6.84. The van der Waals surface area contributed by atoms with E-state index in [4.69, 9.17) is 9.41 Å². The standard InChI is InChI=1S/C34H25N3O/c1-24-12-8-9-17-27(24)22-37-23-28(29-18-10-11-19-31(29)37)21-36-34-30(20-35)32(25-13-4-2-5-14-25)33(38-34)26-15-6-3-7-16-26/h2-19,21,23H,22H2,1H3/b36-21+. The van der Waals surface area contributed by atoms with Gasteiger partial charge < -0.3 is 8.98 Å². The van der Waals surface area contributed by atoms with Crippen LogP contribution in [0, 0.1) is 18.3 Å². The van der Waals surface area contributed by atoms with E-state index in [1.807, 2.05) is 66.7 Å². The van der Waals surface area contributed by atoms with Gasteiger partial charge in [0.1, 0.15) is 17.4 Å². The van der Waals surface area contributed by atoms with E-state index in [1.54, 1.807) is 6.21 Å². The van der Waals surface area contributed by atoms with Crippen molar-refractivity contribution in [2.75, 3.05) is 0 Å². The summed E-state index contributed by atoms with van der Waals surface area (Å²) >= 11 is 0. The number of nitrogens with zero attached hydrogens (tertiary/aromatic N) is 3. The number of rotatable bonds is 6. The van der Waals surface area contributed by atoms with Gasteiger partial charge in [-0.15, -0.1) is 0 Å². The van der Waals surface area contributed by atoms with Gasteiger partial charge in [0.2, 0.25) is 5.88 Å². The number of fused-ring (bicyclic) bond motifs is 1. The van der Waals surface area contributed by atoms with Crippen LogP contribution in [0.25, 0.3) is 33.4 Å². The maximum absolute atomic E-state index is 10.2. The maximum Gasteiger partial charge on any atom is 0.238 e. The molecule has 0 fully saturated rings. The molecular formula is C34H25N3O. The lowest BCUT2D eigenvalue weighted by molar-refractivity contribution is 0.593. The smallest absolute Gasteiger partial charge is 0.238 e. The molecule has 0 atom stereocenters. The summed E-state index contributed by atoms with van der Waals surface area (Å²) < 4.78 is 8.55. The fourth-order valence-electron chi connectivity index (χ4n) is 4.89. The van der Waals surface area contributed by atoms with E-state index >= 15 is 0 Å². The molecule has 6 aromatic rings. The van der Waals surface area contributed by atoms with Crippen molar-refractivity contribution in [3.63, 3.8) is 0 Å². The summed E-state index contributed by atoms with van der Waals surface area (Å²) in [6.45, 7) is 2.90. The number of furan rings is 1. The molecule has 0 spiro atoms. The quantitative estimate of drug-likeness (QED) is 0.219. The molecule has 4 heteroatoms. The fraction of sp³-hybridized carbons (Fsp3) is 0.0588. The monoisotopic (exact) mass is 491 g/mol. The minimum absolute atomic E-state index is 0.306. The Morgan fingerprint density at radius 3 is 2.21 bits per heavy atom. The molecule has 182 valence electrons. The fourth-order valence-corrected chi connectivity index (χ4v) is 4.89. The molecule has 0 aliphatic carbocycles. The van der Waals surface area contributed by atoms with Crippen molar-refractivity contribution < 1.29 is 4.42 Å². The number of aryl methyl sites for hydroxylation is 1. The molecule has 0 unspecified atom stereocenters. The second-order valence-electron chi connectivity index (χ2n) is 9.24. The molecule has 0 saturated carbocycles. The van der Waals surface area contributed by atoms with Crippen molar-refractivity contribution in [3.05, 3.63) is 138 Å². The van der Waals surface area contributed by atoms with Crippen LogP contribution in [0.4, 0.5) is 5.88 Å². The Kier molecular flexibility index (Phi) is 6.17. The zero-order valence-electron chi connectivity index (χ0n) is 21.0. The molecule has 0 aliphatic rings. The number of hydrogen-bond donors (Lipinski definition) is 0. The third kappa shape index (κ3) is 4.31. The highest BCUT2D eigenvalue weighted by Gasteiger charge is 2.22. The third-order valence-corrected chi connectivity index (χ3v) is 6.84. The van der Waals surface area contributed by atoms with Crippen LogP contribution >= 0.6 is 0 Å². The first-order chi connectivity index (χ1) is 18.7. The lowest BCUT2D eigenvalue weighted by Crippen LogP contribution is -1.99. The van der Waals surface area contributed by atoms with Gasteiger partial charge in [-0.1, -0.05) is 103 Å². The largest absolute Gasteiger partial charge is 0.436 e. The van der Waals surface area contributed by atoms with Crippen LogP contribution in [-0.2, 0) is 6.54 Å². The molecule has 2 heterocycles. The Morgan fingerprint density at radius 2 is 1.47 bits per heavy atom. The predicted octanol–water partition coefficient (Wildman–Crippen LogP) is 8.55. The van der Waals surface area contributed by atoms with Crippen molar-refractivity contribution >= 4 is 23.0 Å². The highest BCUT2D eigenvalue weighted by molar-refractivity contribution is 6.00. The second-order valence-corrected chi connectivity index (χ2v) is 9.24. The van der Waals surface area contributed by atoms with Gasteiger partial charge in [-0.3, -0.25) is 0 Å². The highest BCUT2D eigenvalue weighted by atomic mass is 16.4. The van der Waals surface area contributed by atoms with Crippen LogP contribution < -0.4 is 0 Å². The first kappa shape index (κ1) is 23.3. The average molecular weight is 492 g/mol. The summed E-state index contributed by atoms with van der Waals surface area (Å²) in [5.74, 6) is 0.948. The number of aromatic nitrogens is 1. The van der Waals surface area contributed by atoms with Gasteiger partial charge in [0.15, 0.2) is 0 Å². The van der Waals surface area contributed by atoms with E-state index in [0.717, 1.165) is 39.7 Å². The van der Waals surface area contributed by atoms with Crippen LogP contribution in [0.3, 0.4) is 0 Å². The molecule has 4 aromatic carbocycles. The predicted molar refractivity (Wildman–Crippen MR) is 154 cm³/mol. The first-order valence-electron chi connectivity index (χ1n) is 12.6. The summed E-state index contributed by atoms with van der Waals surface area (Å²) in [5.41, 5.74) is 7.64. The molecule has 6 rings (SSSR count). The van der Waals surface area contributed by atoms with Gasteiger partial charge in [-0.2, -0.15) is 5.26 Å². The van der Waals surface area contributed by atoms with Crippen molar-refractivity contribution in [1.82, 2.24) is 4.57 Å². The topological polar surface area (TPSA) is 54.2 Å². The van der Waals surface area contributed by atoms with Gasteiger partial charge in [0.25, 0.3) is 0 Å². The molecule has 0 aliphatic heterocycles. The van der Waals surface area contributed by atoms with Gasteiger partial charge >= 0.3 is 0 Å². The van der Waals surface area contributed by atoms with E-state index in [9.17, 15) is 5.26 Å². The van der Waals surface area contributed by atoms with Crippen LogP contribution in [0.15, 0.2) is 125 Å². The second kappa shape index (κ2) is 10.1. The molecule has 38 heavy (non-hydrogen) atoms. The Labute approximate surface area is 221 Å². The van der Waals surface area contributed by atoms with E-state index in [-0.39, 0.29) is 0 Å². The van der Waals surface area contributed by atoms with Crippen LogP contribution in [-0.4, -0.2) is 10.8 Å². The van der Waals surface area contributed by atoms with E-state index in [2.05, 4.69) is 66.2 Å². The first-order valence-corrected chi connectivity index (χ1v) is 12.6. The number of aliphatic imine (C=N–C) groups is 1. The van der Waals surface area contributed by atoms with Crippen LogP contribution in [0.1, 0.15) is 22.3 Å². The maximum atomic E-state index is 10.2. The molecule has 0 amide bonds. The molecule has 2 aromatic heterocycles. The Balaban J connectivity index is 1.46. The molecule has 4 nitrogen and oxygen atoms in total. The number of hydrogen-bond acceptors (Lipinski definition) is 3. The normalized spacial score (nSPS) is 11.3. The van der Waals surface area contributed by atoms with Gasteiger partial charge in [-0.05, 0) is 29.7 Å². The van der Waals surface area contributed by atoms with Crippen LogP contribution in [0.2, 0.25) is 0 Å². The summed E-state index contributed by atoms with van der Waals surface area (Å²) in [7, 11) is 0. The van der Waals surface area contributed by atoms with Crippen molar-refractivity contribution in [1.29, 1.82) is 5.26 Å². The summed E-state index contributed by atoms with van der Waals surface area (Å²) in [6, 6.07) is 38.8. The lowest BCUT2D eigenvalue weighted by atomic mass is 9.98. The Morgan fingerprint density at radius 1 is 0.816 bits per heavy atom. The zero-order valence-corrected chi connectivity index (χ0v) is 21.0. The highest BCUT2D eigenvalue weighted by Crippen LogP contribution is 2.42. The zero-order chi connectivity index (χ0) is 25.9. The minimum atomic E-state index is 0.306. The SMILES string of the molecule is Cc1ccccc1Cn1cc(/C=N/c2oc(-c3ccccc3)c(-c3ccccc3)c2C#N)c2ccccc21. The number of nitriles is 1. The van der Waals surface area contributed by atoms with Gasteiger partial charge in [0.05, 0.1) is 0 Å². The van der Waals surface area contributed by atoms with E-state index < -0.39 is 0 Å². The van der Waals surface area contributed by atoms with E-state index in [0.29, 0.717) is 17.2 Å². The van der Waals surface area contributed by atoms with Crippen LogP contribution in [0.5, 0.6) is 0 Å². The lowest BCUT2D eigenvalue weighted by Gasteiger charge is -2.08. The summed E-state index contributed by atoms with van der Waals surface area (Å²) in [6.07, 6.45) is 3.92. The Hall–Kier alpha value is -5.14. The van der Waals surface area contributed by atoms with Gasteiger partial charge in [0, 0.05) is 46.5 Å². The van der Waals surface area contributed by atoms with Gasteiger partial charge in [-0.25, -0.2) is 4.99 Å². The molecular weight excluding hydrogens is 466 g/mol.